The van der Waals surface area contributed by atoms with E-state index in [2.05, 4.69) is 14.7 Å². The van der Waals surface area contributed by atoms with Crippen molar-refractivity contribution in [2.75, 3.05) is 7.11 Å². The van der Waals surface area contributed by atoms with E-state index in [1.54, 1.807) is 12.1 Å². The third-order valence-corrected chi connectivity index (χ3v) is 3.85. The molecule has 0 radical (unpaired) electrons. The molecule has 6 nitrogen and oxygen atoms in total. The highest BCUT2D eigenvalue weighted by atomic mass is 32.2. The maximum absolute atomic E-state index is 11.8. The Bertz CT molecular complexity index is 705. The number of H-pyrrole nitrogens is 1. The highest BCUT2D eigenvalue weighted by molar-refractivity contribution is 7.98. The number of aromatic nitrogens is 2. The Morgan fingerprint density at radius 2 is 2.24 bits per heavy atom. The van der Waals surface area contributed by atoms with Gasteiger partial charge in [0.2, 0.25) is 5.76 Å². The minimum Gasteiger partial charge on any atom is -0.463 e. The highest BCUT2D eigenvalue weighted by Gasteiger charge is 2.12. The standard InChI is InChI=1S/C14H16N2O4S/c1-4-10-8(2)15-14(16-12(10)17)21-7-9-5-6-11(20-9)13(18)19-3/h5-6H,4,7H2,1-3H3,(H,15,16,17). The molecule has 0 aliphatic heterocycles. The number of ether oxygens (including phenoxy) is 1. The summed E-state index contributed by atoms with van der Waals surface area (Å²) in [7, 11) is 1.30. The zero-order chi connectivity index (χ0) is 15.4. The summed E-state index contributed by atoms with van der Waals surface area (Å²) in [4.78, 5) is 30.2. The van der Waals surface area contributed by atoms with E-state index < -0.39 is 5.97 Å². The van der Waals surface area contributed by atoms with Gasteiger partial charge in [-0.25, -0.2) is 9.78 Å². The van der Waals surface area contributed by atoms with Crippen molar-refractivity contribution < 1.29 is 13.9 Å². The summed E-state index contributed by atoms with van der Waals surface area (Å²) in [5.74, 6) is 0.721. The van der Waals surface area contributed by atoms with Crippen LogP contribution < -0.4 is 5.56 Å². The van der Waals surface area contributed by atoms with Crippen molar-refractivity contribution in [1.29, 1.82) is 0 Å². The maximum Gasteiger partial charge on any atom is 0.373 e. The van der Waals surface area contributed by atoms with Crippen molar-refractivity contribution in [3.05, 3.63) is 45.3 Å². The van der Waals surface area contributed by atoms with Crippen LogP contribution in [0.4, 0.5) is 0 Å². The molecular formula is C14H16N2O4S. The number of aryl methyl sites for hydroxylation is 1. The molecule has 0 amide bonds. The molecular weight excluding hydrogens is 292 g/mol. The van der Waals surface area contributed by atoms with E-state index in [0.29, 0.717) is 28.7 Å². The fourth-order valence-corrected chi connectivity index (χ4v) is 2.68. The van der Waals surface area contributed by atoms with Crippen molar-refractivity contribution in [1.82, 2.24) is 9.97 Å². The van der Waals surface area contributed by atoms with Gasteiger partial charge < -0.3 is 14.1 Å². The van der Waals surface area contributed by atoms with Gasteiger partial charge >= 0.3 is 5.97 Å². The van der Waals surface area contributed by atoms with Crippen LogP contribution in [0.3, 0.4) is 0 Å². The van der Waals surface area contributed by atoms with Gasteiger partial charge in [-0.05, 0) is 25.5 Å². The summed E-state index contributed by atoms with van der Waals surface area (Å²) < 4.78 is 9.92. The van der Waals surface area contributed by atoms with Crippen LogP contribution in [-0.4, -0.2) is 23.0 Å². The van der Waals surface area contributed by atoms with Gasteiger partial charge in [0.15, 0.2) is 5.16 Å². The average molecular weight is 308 g/mol. The fraction of sp³-hybridized carbons (Fsp3) is 0.357. The van der Waals surface area contributed by atoms with Gasteiger partial charge in [0, 0.05) is 11.3 Å². The molecule has 0 fully saturated rings. The van der Waals surface area contributed by atoms with Crippen molar-refractivity contribution in [2.45, 2.75) is 31.2 Å². The molecule has 0 unspecified atom stereocenters. The lowest BCUT2D eigenvalue weighted by Gasteiger charge is -2.04. The van der Waals surface area contributed by atoms with Gasteiger partial charge in [0.1, 0.15) is 5.76 Å². The fourth-order valence-electron chi connectivity index (χ4n) is 1.87. The molecule has 0 atom stereocenters. The Kier molecular flexibility index (Phi) is 4.85. The third-order valence-electron chi connectivity index (χ3n) is 2.95. The lowest BCUT2D eigenvalue weighted by Crippen LogP contribution is -2.16. The minimum atomic E-state index is -0.513. The topological polar surface area (TPSA) is 85.2 Å². The molecule has 2 heterocycles. The molecule has 2 aromatic heterocycles. The normalized spacial score (nSPS) is 10.6. The number of methoxy groups -OCH3 is 1. The van der Waals surface area contributed by atoms with Gasteiger partial charge in [-0.2, -0.15) is 0 Å². The molecule has 2 aromatic rings. The lowest BCUT2D eigenvalue weighted by molar-refractivity contribution is 0.0563. The predicted octanol–water partition coefficient (Wildman–Crippen LogP) is 2.31. The summed E-state index contributed by atoms with van der Waals surface area (Å²) in [6, 6.07) is 3.26. The van der Waals surface area contributed by atoms with Crippen LogP contribution in [-0.2, 0) is 16.9 Å². The number of furan rings is 1. The summed E-state index contributed by atoms with van der Waals surface area (Å²) >= 11 is 1.34. The number of nitrogens with zero attached hydrogens (tertiary/aromatic N) is 1. The number of carbonyl (C=O) groups is 1. The molecule has 0 aliphatic carbocycles. The molecule has 21 heavy (non-hydrogen) atoms. The molecule has 7 heteroatoms. The number of thioether (sulfide) groups is 1. The summed E-state index contributed by atoms with van der Waals surface area (Å²) in [5, 5.41) is 0.533. The van der Waals surface area contributed by atoms with Crippen molar-refractivity contribution in [3.63, 3.8) is 0 Å². The summed E-state index contributed by atoms with van der Waals surface area (Å²) in [5.41, 5.74) is 1.32. The molecule has 0 saturated carbocycles. The van der Waals surface area contributed by atoms with Crippen LogP contribution in [0.15, 0.2) is 26.5 Å². The van der Waals surface area contributed by atoms with Crippen LogP contribution in [0, 0.1) is 6.92 Å². The van der Waals surface area contributed by atoms with Crippen LogP contribution in [0.1, 0.15) is 34.5 Å². The van der Waals surface area contributed by atoms with Crippen molar-refractivity contribution in [3.8, 4) is 0 Å². The van der Waals surface area contributed by atoms with Gasteiger partial charge in [-0.3, -0.25) is 4.79 Å². The molecule has 0 spiro atoms. The van der Waals surface area contributed by atoms with Gasteiger partial charge in [0.05, 0.1) is 12.9 Å². The van der Waals surface area contributed by atoms with E-state index in [1.807, 2.05) is 13.8 Å². The highest BCUT2D eigenvalue weighted by Crippen LogP contribution is 2.21. The van der Waals surface area contributed by atoms with Gasteiger partial charge in [-0.1, -0.05) is 18.7 Å². The Morgan fingerprint density at radius 1 is 1.48 bits per heavy atom. The molecule has 0 aromatic carbocycles. The number of hydrogen-bond acceptors (Lipinski definition) is 6. The molecule has 0 aliphatic rings. The monoisotopic (exact) mass is 308 g/mol. The lowest BCUT2D eigenvalue weighted by atomic mass is 10.2. The Balaban J connectivity index is 2.08. The smallest absolute Gasteiger partial charge is 0.373 e. The molecule has 0 bridgehead atoms. The zero-order valence-electron chi connectivity index (χ0n) is 12.1. The largest absolute Gasteiger partial charge is 0.463 e. The number of nitrogens with one attached hydrogen (secondary N) is 1. The first-order valence-electron chi connectivity index (χ1n) is 6.44. The maximum atomic E-state index is 11.8. The molecule has 2 rings (SSSR count). The molecule has 1 N–H and O–H groups in total. The van der Waals surface area contributed by atoms with E-state index in [4.69, 9.17) is 4.42 Å². The first-order chi connectivity index (χ1) is 10.0. The summed E-state index contributed by atoms with van der Waals surface area (Å²) in [6.45, 7) is 3.74. The van der Waals surface area contributed by atoms with E-state index in [1.165, 1.54) is 18.9 Å². The van der Waals surface area contributed by atoms with Crippen LogP contribution in [0.2, 0.25) is 0 Å². The third kappa shape index (κ3) is 3.55. The van der Waals surface area contributed by atoms with E-state index in [-0.39, 0.29) is 11.3 Å². The zero-order valence-corrected chi connectivity index (χ0v) is 12.9. The number of carbonyl (C=O) groups excluding carboxylic acids is 1. The van der Waals surface area contributed by atoms with E-state index >= 15 is 0 Å². The second-order valence-electron chi connectivity index (χ2n) is 4.33. The SMILES string of the molecule is CCc1c(C)nc(SCc2ccc(C(=O)OC)o2)[nH]c1=O. The first kappa shape index (κ1) is 15.4. The first-order valence-corrected chi connectivity index (χ1v) is 7.43. The quantitative estimate of drug-likeness (QED) is 0.518. The number of aromatic amines is 1. The number of rotatable bonds is 5. The van der Waals surface area contributed by atoms with Gasteiger partial charge in [0.25, 0.3) is 5.56 Å². The Labute approximate surface area is 125 Å². The van der Waals surface area contributed by atoms with Crippen molar-refractivity contribution in [2.24, 2.45) is 0 Å². The summed E-state index contributed by atoms with van der Waals surface area (Å²) in [6.07, 6.45) is 0.653. The number of hydrogen-bond donors (Lipinski definition) is 1. The predicted molar refractivity (Wildman–Crippen MR) is 78.6 cm³/mol. The van der Waals surface area contributed by atoms with Crippen LogP contribution in [0.25, 0.3) is 0 Å². The Hall–Kier alpha value is -2.02. The Morgan fingerprint density at radius 3 is 2.86 bits per heavy atom. The average Bonchev–Trinajstić information content (AvgIpc) is 2.93. The van der Waals surface area contributed by atoms with Gasteiger partial charge in [-0.15, -0.1) is 0 Å². The van der Waals surface area contributed by atoms with E-state index in [9.17, 15) is 9.59 Å². The second kappa shape index (κ2) is 6.62. The van der Waals surface area contributed by atoms with E-state index in [0.717, 1.165) is 5.69 Å². The molecule has 0 saturated heterocycles. The second-order valence-corrected chi connectivity index (χ2v) is 5.30. The minimum absolute atomic E-state index is 0.109. The van der Waals surface area contributed by atoms with Crippen LogP contribution >= 0.6 is 11.8 Å². The van der Waals surface area contributed by atoms with Crippen molar-refractivity contribution >= 4 is 17.7 Å². The molecule has 112 valence electrons. The number of esters is 1. The van der Waals surface area contributed by atoms with Crippen LogP contribution in [0.5, 0.6) is 0 Å².